The molecule has 0 amide bonds. The maximum atomic E-state index is 13.3. The van der Waals surface area contributed by atoms with Gasteiger partial charge in [0.2, 0.25) is 0 Å². The lowest BCUT2D eigenvalue weighted by atomic mass is 10.1. The Morgan fingerprint density at radius 2 is 2.13 bits per heavy atom. The van der Waals surface area contributed by atoms with Crippen LogP contribution in [0.2, 0.25) is 0 Å². The van der Waals surface area contributed by atoms with Crippen molar-refractivity contribution in [2.75, 3.05) is 0 Å². The van der Waals surface area contributed by atoms with Crippen molar-refractivity contribution >= 4 is 17.8 Å². The number of carbonyl (C=O) groups excluding carboxylic acids is 1. The second-order valence-electron chi connectivity index (χ2n) is 2.73. The third-order valence-corrected chi connectivity index (χ3v) is 2.57. The van der Waals surface area contributed by atoms with Crippen molar-refractivity contribution in [1.82, 2.24) is 9.59 Å². The maximum absolute atomic E-state index is 13.3. The van der Waals surface area contributed by atoms with Gasteiger partial charge in [0.1, 0.15) is 17.3 Å². The molecule has 0 saturated heterocycles. The Bertz CT molecular complexity index is 513. The molecule has 0 unspecified atom stereocenters. The number of halogens is 2. The lowest BCUT2D eigenvalue weighted by Crippen LogP contribution is -1.88. The summed E-state index contributed by atoms with van der Waals surface area (Å²) in [7, 11) is 0. The molecule has 15 heavy (non-hydrogen) atoms. The largest absolute Gasteiger partial charge is 0.296 e. The Hall–Kier alpha value is -1.69. The minimum absolute atomic E-state index is 0.00657. The van der Waals surface area contributed by atoms with E-state index in [1.807, 2.05) is 0 Å². The number of aldehydes is 1. The SMILES string of the molecule is O=Cc1nnsc1-c1cc(F)ccc1F. The van der Waals surface area contributed by atoms with Crippen LogP contribution in [0.15, 0.2) is 18.2 Å². The van der Waals surface area contributed by atoms with Crippen molar-refractivity contribution in [2.24, 2.45) is 0 Å². The van der Waals surface area contributed by atoms with E-state index in [0.717, 1.165) is 29.7 Å². The van der Waals surface area contributed by atoms with E-state index >= 15 is 0 Å². The van der Waals surface area contributed by atoms with Gasteiger partial charge in [0.15, 0.2) is 6.29 Å². The van der Waals surface area contributed by atoms with Gasteiger partial charge in [-0.15, -0.1) is 5.10 Å². The van der Waals surface area contributed by atoms with Gasteiger partial charge < -0.3 is 0 Å². The Kier molecular flexibility index (Phi) is 2.51. The molecule has 0 atom stereocenters. The van der Waals surface area contributed by atoms with Crippen molar-refractivity contribution in [3.8, 4) is 10.4 Å². The second kappa shape index (κ2) is 3.82. The molecule has 0 saturated carbocycles. The highest BCUT2D eigenvalue weighted by Gasteiger charge is 2.14. The van der Waals surface area contributed by atoms with Crippen LogP contribution in [0, 0.1) is 11.6 Å². The molecular weight excluding hydrogens is 222 g/mol. The summed E-state index contributed by atoms with van der Waals surface area (Å²) in [5, 5.41) is 3.49. The molecule has 0 N–H and O–H groups in total. The van der Waals surface area contributed by atoms with Crippen molar-refractivity contribution in [2.45, 2.75) is 0 Å². The average molecular weight is 226 g/mol. The number of aromatic nitrogens is 2. The van der Waals surface area contributed by atoms with E-state index in [-0.39, 0.29) is 16.1 Å². The Morgan fingerprint density at radius 1 is 1.33 bits per heavy atom. The molecule has 0 spiro atoms. The topological polar surface area (TPSA) is 42.9 Å². The van der Waals surface area contributed by atoms with Crippen molar-refractivity contribution in [1.29, 1.82) is 0 Å². The lowest BCUT2D eigenvalue weighted by molar-refractivity contribution is 0.111. The fourth-order valence-electron chi connectivity index (χ4n) is 1.13. The molecule has 0 bridgehead atoms. The van der Waals surface area contributed by atoms with Gasteiger partial charge in [-0.25, -0.2) is 8.78 Å². The molecule has 2 aromatic rings. The smallest absolute Gasteiger partial charge is 0.171 e. The third kappa shape index (κ3) is 1.75. The van der Waals surface area contributed by atoms with Crippen LogP contribution in [0.3, 0.4) is 0 Å². The van der Waals surface area contributed by atoms with Gasteiger partial charge in [-0.2, -0.15) is 0 Å². The predicted octanol–water partition coefficient (Wildman–Crippen LogP) is 2.30. The van der Waals surface area contributed by atoms with Crippen LogP contribution < -0.4 is 0 Å². The molecule has 0 aliphatic carbocycles. The van der Waals surface area contributed by atoms with Gasteiger partial charge in [0, 0.05) is 5.56 Å². The van der Waals surface area contributed by atoms with Crippen molar-refractivity contribution in [3.05, 3.63) is 35.5 Å². The predicted molar refractivity (Wildman–Crippen MR) is 50.6 cm³/mol. The van der Waals surface area contributed by atoms with E-state index in [4.69, 9.17) is 0 Å². The highest BCUT2D eigenvalue weighted by atomic mass is 32.1. The zero-order valence-corrected chi connectivity index (χ0v) is 8.09. The number of nitrogens with zero attached hydrogens (tertiary/aromatic N) is 2. The third-order valence-electron chi connectivity index (χ3n) is 1.80. The zero-order chi connectivity index (χ0) is 10.8. The number of carbonyl (C=O) groups is 1. The summed E-state index contributed by atoms with van der Waals surface area (Å²) in [6, 6.07) is 3.02. The van der Waals surface area contributed by atoms with Gasteiger partial charge in [-0.3, -0.25) is 4.79 Å². The first-order chi connectivity index (χ1) is 7.22. The summed E-state index contributed by atoms with van der Waals surface area (Å²) in [4.78, 5) is 10.8. The van der Waals surface area contributed by atoms with Crippen LogP contribution >= 0.6 is 11.5 Å². The normalized spacial score (nSPS) is 10.3. The van der Waals surface area contributed by atoms with Gasteiger partial charge in [0.25, 0.3) is 0 Å². The van der Waals surface area contributed by atoms with Crippen LogP contribution in [0.4, 0.5) is 8.78 Å². The lowest BCUT2D eigenvalue weighted by Gasteiger charge is -1.99. The molecule has 1 heterocycles. The summed E-state index contributed by atoms with van der Waals surface area (Å²) in [5.41, 5.74) is 0.0246. The molecule has 0 aliphatic heterocycles. The quantitative estimate of drug-likeness (QED) is 0.738. The minimum Gasteiger partial charge on any atom is -0.296 e. The summed E-state index contributed by atoms with van der Waals surface area (Å²) < 4.78 is 29.7. The standard InChI is InChI=1S/C9H4F2N2OS/c10-5-1-2-7(11)6(3-5)9-8(4-14)12-13-15-9/h1-4H. The summed E-state index contributed by atoms with van der Waals surface area (Å²) in [5.74, 6) is -1.18. The van der Waals surface area contributed by atoms with Crippen LogP contribution in [-0.4, -0.2) is 15.9 Å². The van der Waals surface area contributed by atoms with Gasteiger partial charge in [-0.05, 0) is 29.7 Å². The maximum Gasteiger partial charge on any atom is 0.171 e. The molecule has 1 aromatic heterocycles. The second-order valence-corrected chi connectivity index (χ2v) is 3.48. The van der Waals surface area contributed by atoms with Gasteiger partial charge in [0.05, 0.1) is 4.88 Å². The molecule has 0 fully saturated rings. The van der Waals surface area contributed by atoms with Crippen LogP contribution in [0.1, 0.15) is 10.5 Å². The summed E-state index contributed by atoms with van der Waals surface area (Å²) in [6.07, 6.45) is 0.461. The van der Waals surface area contributed by atoms with Crippen LogP contribution in [-0.2, 0) is 0 Å². The van der Waals surface area contributed by atoms with Gasteiger partial charge >= 0.3 is 0 Å². The first-order valence-corrected chi connectivity index (χ1v) is 4.72. The Labute approximate surface area is 87.5 Å². The van der Waals surface area contributed by atoms with Crippen molar-refractivity contribution in [3.63, 3.8) is 0 Å². The van der Waals surface area contributed by atoms with Crippen LogP contribution in [0.25, 0.3) is 10.4 Å². The first kappa shape index (κ1) is 9.85. The monoisotopic (exact) mass is 226 g/mol. The molecule has 1 aromatic carbocycles. The number of rotatable bonds is 2. The number of hydrogen-bond acceptors (Lipinski definition) is 4. The fraction of sp³-hybridized carbons (Fsp3) is 0. The molecule has 76 valence electrons. The fourth-order valence-corrected chi connectivity index (χ4v) is 1.78. The van der Waals surface area contributed by atoms with E-state index in [2.05, 4.69) is 9.59 Å². The average Bonchev–Trinajstić information content (AvgIpc) is 2.69. The molecule has 0 radical (unpaired) electrons. The van der Waals surface area contributed by atoms with Crippen molar-refractivity contribution < 1.29 is 13.6 Å². The molecule has 6 heteroatoms. The highest BCUT2D eigenvalue weighted by molar-refractivity contribution is 7.09. The molecule has 0 aliphatic rings. The molecule has 2 rings (SSSR count). The number of benzene rings is 1. The van der Waals surface area contributed by atoms with Crippen LogP contribution in [0.5, 0.6) is 0 Å². The summed E-state index contributed by atoms with van der Waals surface area (Å²) in [6.45, 7) is 0. The Morgan fingerprint density at radius 3 is 2.87 bits per heavy atom. The summed E-state index contributed by atoms with van der Waals surface area (Å²) >= 11 is 0.851. The molecule has 3 nitrogen and oxygen atoms in total. The zero-order valence-electron chi connectivity index (χ0n) is 7.28. The van der Waals surface area contributed by atoms with Gasteiger partial charge in [-0.1, -0.05) is 4.49 Å². The highest BCUT2D eigenvalue weighted by Crippen LogP contribution is 2.28. The van der Waals surface area contributed by atoms with E-state index in [1.54, 1.807) is 0 Å². The van der Waals surface area contributed by atoms with E-state index in [0.29, 0.717) is 6.29 Å². The van der Waals surface area contributed by atoms with E-state index < -0.39 is 11.6 Å². The number of hydrogen-bond donors (Lipinski definition) is 0. The molecular formula is C9H4F2N2OS. The minimum atomic E-state index is -0.606. The first-order valence-electron chi connectivity index (χ1n) is 3.95. The van der Waals surface area contributed by atoms with E-state index in [9.17, 15) is 13.6 Å². The van der Waals surface area contributed by atoms with E-state index in [1.165, 1.54) is 0 Å². The Balaban J connectivity index is 2.62.